The van der Waals surface area contributed by atoms with Crippen LogP contribution in [0.3, 0.4) is 0 Å². The average Bonchev–Trinajstić information content (AvgIpc) is 2.92. The van der Waals surface area contributed by atoms with Gasteiger partial charge in [-0.15, -0.1) is 0 Å². The predicted octanol–water partition coefficient (Wildman–Crippen LogP) is 6.15. The number of carbonyl (C=O) groups excluding carboxylic acids is 1. The average molecular weight is 496 g/mol. The van der Waals surface area contributed by atoms with E-state index in [4.69, 9.17) is 21.1 Å². The van der Waals surface area contributed by atoms with Gasteiger partial charge in [0.25, 0.3) is 5.91 Å². The predicted molar refractivity (Wildman–Crippen MR) is 143 cm³/mol. The molecule has 5 aromatic rings. The molecule has 1 amide bonds. The number of benzene rings is 4. The lowest BCUT2D eigenvalue weighted by Gasteiger charge is -2.12. The molecule has 4 aromatic carbocycles. The molecule has 178 valence electrons. The molecule has 1 heterocycles. The summed E-state index contributed by atoms with van der Waals surface area (Å²) in [6.07, 6.45) is 3.28. The van der Waals surface area contributed by atoms with E-state index in [0.717, 1.165) is 27.3 Å². The Morgan fingerprint density at radius 1 is 0.861 bits per heavy atom. The molecule has 0 fully saturated rings. The molecule has 36 heavy (non-hydrogen) atoms. The Labute approximate surface area is 213 Å². The van der Waals surface area contributed by atoms with Gasteiger partial charge in [-0.2, -0.15) is 5.10 Å². The number of aromatic nitrogens is 1. The summed E-state index contributed by atoms with van der Waals surface area (Å²) < 4.78 is 11.8. The van der Waals surface area contributed by atoms with Crippen LogP contribution in [0.1, 0.15) is 11.1 Å². The van der Waals surface area contributed by atoms with Gasteiger partial charge in [-0.1, -0.05) is 72.3 Å². The van der Waals surface area contributed by atoms with Crippen molar-refractivity contribution in [1.29, 1.82) is 0 Å². The first-order chi connectivity index (χ1) is 17.7. The maximum atomic E-state index is 12.4. The minimum atomic E-state index is -0.386. The summed E-state index contributed by atoms with van der Waals surface area (Å²) in [5, 5.41) is 7.79. The summed E-state index contributed by atoms with van der Waals surface area (Å²) in [5.74, 6) is 0.807. The van der Waals surface area contributed by atoms with Crippen LogP contribution in [-0.2, 0) is 11.4 Å². The minimum Gasteiger partial charge on any atom is -0.488 e. The Hall–Kier alpha value is -4.42. The Kier molecular flexibility index (Phi) is 7.05. The summed E-state index contributed by atoms with van der Waals surface area (Å²) in [6.45, 7) is 0.179. The van der Waals surface area contributed by atoms with Gasteiger partial charge >= 0.3 is 0 Å². The number of hydrazone groups is 1. The SMILES string of the molecule is O=C(COc1cccc2cccnc12)N/N=C/c1c(OCc2ccc(Cl)cc2)ccc2ccccc12. The molecule has 0 unspecified atom stereocenters. The molecular weight excluding hydrogens is 474 g/mol. The number of amides is 1. The van der Waals surface area contributed by atoms with Crippen molar-refractivity contribution < 1.29 is 14.3 Å². The van der Waals surface area contributed by atoms with E-state index < -0.39 is 0 Å². The maximum Gasteiger partial charge on any atom is 0.277 e. The molecule has 0 atom stereocenters. The van der Waals surface area contributed by atoms with Crippen molar-refractivity contribution in [3.63, 3.8) is 0 Å². The minimum absolute atomic E-state index is 0.192. The number of rotatable bonds is 8. The van der Waals surface area contributed by atoms with E-state index in [9.17, 15) is 4.79 Å². The Bertz CT molecular complexity index is 1550. The topological polar surface area (TPSA) is 72.8 Å². The van der Waals surface area contributed by atoms with Crippen LogP contribution in [0.5, 0.6) is 11.5 Å². The Morgan fingerprint density at radius 2 is 1.67 bits per heavy atom. The van der Waals surface area contributed by atoms with Gasteiger partial charge in [0.05, 0.1) is 6.21 Å². The molecule has 0 aliphatic heterocycles. The molecule has 1 aromatic heterocycles. The fourth-order valence-corrected chi connectivity index (χ4v) is 3.94. The fourth-order valence-electron chi connectivity index (χ4n) is 3.81. The molecule has 0 saturated heterocycles. The van der Waals surface area contributed by atoms with Gasteiger partial charge in [-0.05, 0) is 46.7 Å². The summed E-state index contributed by atoms with van der Waals surface area (Å²) >= 11 is 5.98. The zero-order chi connectivity index (χ0) is 24.7. The summed E-state index contributed by atoms with van der Waals surface area (Å²) in [6, 6.07) is 28.7. The molecule has 1 N–H and O–H groups in total. The number of pyridine rings is 1. The number of nitrogens with zero attached hydrogens (tertiary/aromatic N) is 2. The second kappa shape index (κ2) is 10.9. The molecular formula is C29H22ClN3O3. The Morgan fingerprint density at radius 3 is 2.56 bits per heavy atom. The van der Waals surface area contributed by atoms with Crippen molar-refractivity contribution in [2.75, 3.05) is 6.61 Å². The van der Waals surface area contributed by atoms with Crippen molar-refractivity contribution in [2.45, 2.75) is 6.61 Å². The van der Waals surface area contributed by atoms with Crippen molar-refractivity contribution in [2.24, 2.45) is 5.10 Å². The lowest BCUT2D eigenvalue weighted by molar-refractivity contribution is -0.123. The first-order valence-electron chi connectivity index (χ1n) is 11.3. The fraction of sp³-hybridized carbons (Fsp3) is 0.0690. The van der Waals surface area contributed by atoms with Gasteiger partial charge in [0.2, 0.25) is 0 Å². The molecule has 0 spiro atoms. The largest absolute Gasteiger partial charge is 0.488 e. The van der Waals surface area contributed by atoms with Crippen molar-refractivity contribution in [3.8, 4) is 11.5 Å². The maximum absolute atomic E-state index is 12.4. The molecule has 5 rings (SSSR count). The second-order valence-corrected chi connectivity index (χ2v) is 8.46. The van der Waals surface area contributed by atoms with Crippen LogP contribution in [-0.4, -0.2) is 23.7 Å². The normalized spacial score (nSPS) is 11.1. The van der Waals surface area contributed by atoms with Crippen LogP contribution in [0.25, 0.3) is 21.7 Å². The molecule has 0 aliphatic rings. The van der Waals surface area contributed by atoms with Crippen molar-refractivity contribution in [3.05, 3.63) is 113 Å². The lowest BCUT2D eigenvalue weighted by Crippen LogP contribution is -2.24. The first kappa shape index (κ1) is 23.3. The molecule has 0 aliphatic carbocycles. The molecule has 7 heteroatoms. The van der Waals surface area contributed by atoms with Gasteiger partial charge in [0.15, 0.2) is 6.61 Å². The highest BCUT2D eigenvalue weighted by Gasteiger charge is 2.09. The number of ether oxygens (including phenoxy) is 2. The smallest absolute Gasteiger partial charge is 0.277 e. The summed E-state index contributed by atoms with van der Waals surface area (Å²) in [4.78, 5) is 16.8. The standard InChI is InChI=1S/C29H22ClN3O3/c30-23-13-10-20(11-14-23)18-35-26-15-12-21-5-1-2-8-24(21)25(26)17-32-33-28(34)19-36-27-9-3-6-22-7-4-16-31-29(22)27/h1-17H,18-19H2,(H,33,34)/b32-17+. The first-order valence-corrected chi connectivity index (χ1v) is 11.7. The van der Waals surface area contributed by atoms with Gasteiger partial charge in [-0.3, -0.25) is 9.78 Å². The van der Waals surface area contributed by atoms with E-state index in [1.54, 1.807) is 18.5 Å². The van der Waals surface area contributed by atoms with Crippen LogP contribution < -0.4 is 14.9 Å². The van der Waals surface area contributed by atoms with Crippen LogP contribution in [0.15, 0.2) is 102 Å². The number of hydrogen-bond donors (Lipinski definition) is 1. The number of carbonyl (C=O) groups is 1. The van der Waals surface area contributed by atoms with Gasteiger partial charge in [-0.25, -0.2) is 5.43 Å². The van der Waals surface area contributed by atoms with Gasteiger partial charge in [0.1, 0.15) is 23.6 Å². The molecule has 0 bridgehead atoms. The third-order valence-electron chi connectivity index (χ3n) is 5.58. The monoisotopic (exact) mass is 495 g/mol. The quantitative estimate of drug-likeness (QED) is 0.207. The number of fused-ring (bicyclic) bond motifs is 2. The van der Waals surface area contributed by atoms with Gasteiger partial charge in [0, 0.05) is 22.2 Å². The van der Waals surface area contributed by atoms with E-state index >= 15 is 0 Å². The van der Waals surface area contributed by atoms with Crippen molar-refractivity contribution >= 4 is 45.4 Å². The third-order valence-corrected chi connectivity index (χ3v) is 5.83. The van der Waals surface area contributed by atoms with Gasteiger partial charge < -0.3 is 9.47 Å². The van der Waals surface area contributed by atoms with E-state index in [0.29, 0.717) is 28.6 Å². The Balaban J connectivity index is 1.29. The van der Waals surface area contributed by atoms with E-state index in [2.05, 4.69) is 15.5 Å². The van der Waals surface area contributed by atoms with E-state index in [1.165, 1.54) is 0 Å². The summed E-state index contributed by atoms with van der Waals surface area (Å²) in [7, 11) is 0. The number of hydrogen-bond acceptors (Lipinski definition) is 5. The zero-order valence-electron chi connectivity index (χ0n) is 19.2. The number of halogens is 1. The molecule has 6 nitrogen and oxygen atoms in total. The molecule has 0 saturated carbocycles. The van der Waals surface area contributed by atoms with E-state index in [1.807, 2.05) is 84.9 Å². The second-order valence-electron chi connectivity index (χ2n) is 8.03. The van der Waals surface area contributed by atoms with E-state index in [-0.39, 0.29) is 12.5 Å². The van der Waals surface area contributed by atoms with Crippen molar-refractivity contribution in [1.82, 2.24) is 10.4 Å². The number of para-hydroxylation sites is 1. The highest BCUT2D eigenvalue weighted by Crippen LogP contribution is 2.28. The van der Waals surface area contributed by atoms with Crippen LogP contribution >= 0.6 is 11.6 Å². The summed E-state index contributed by atoms with van der Waals surface area (Å²) in [5.41, 5.74) is 4.99. The van der Waals surface area contributed by atoms with Crippen LogP contribution in [0.2, 0.25) is 5.02 Å². The zero-order valence-corrected chi connectivity index (χ0v) is 20.0. The van der Waals surface area contributed by atoms with Crippen LogP contribution in [0, 0.1) is 0 Å². The van der Waals surface area contributed by atoms with Crippen LogP contribution in [0.4, 0.5) is 0 Å². The lowest BCUT2D eigenvalue weighted by atomic mass is 10.0. The third kappa shape index (κ3) is 5.45. The molecule has 0 radical (unpaired) electrons. The number of nitrogens with one attached hydrogen (secondary N) is 1. The highest BCUT2D eigenvalue weighted by atomic mass is 35.5. The highest BCUT2D eigenvalue weighted by molar-refractivity contribution is 6.30.